The molecular formula is C22H23BrO4. The largest absolute Gasteiger partial charge is 0.488 e. The molecule has 142 valence electrons. The topological polar surface area (TPSA) is 48.7 Å². The summed E-state index contributed by atoms with van der Waals surface area (Å²) in [6.45, 7) is 6.80. The molecule has 0 fully saturated rings. The zero-order valence-corrected chi connectivity index (χ0v) is 17.3. The summed E-state index contributed by atoms with van der Waals surface area (Å²) < 4.78 is 17.8. The van der Waals surface area contributed by atoms with Crippen LogP contribution >= 0.6 is 15.9 Å². The Morgan fingerprint density at radius 3 is 2.70 bits per heavy atom. The monoisotopic (exact) mass is 430 g/mol. The third-order valence-corrected chi connectivity index (χ3v) is 4.89. The van der Waals surface area contributed by atoms with E-state index in [9.17, 15) is 4.79 Å². The van der Waals surface area contributed by atoms with Crippen LogP contribution in [-0.4, -0.2) is 12.6 Å². The fraction of sp³-hybridized carbons (Fsp3) is 0.318. The lowest BCUT2D eigenvalue weighted by atomic mass is 10.00. The molecule has 0 spiro atoms. The van der Waals surface area contributed by atoms with Crippen molar-refractivity contribution < 1.29 is 18.7 Å². The van der Waals surface area contributed by atoms with Crippen LogP contribution < -0.4 is 4.74 Å². The van der Waals surface area contributed by atoms with Gasteiger partial charge in [0.2, 0.25) is 0 Å². The van der Waals surface area contributed by atoms with Crippen LogP contribution in [0, 0.1) is 0 Å². The van der Waals surface area contributed by atoms with E-state index in [2.05, 4.69) is 29.8 Å². The minimum atomic E-state index is -0.252. The van der Waals surface area contributed by atoms with Gasteiger partial charge in [0.05, 0.1) is 19.3 Å². The van der Waals surface area contributed by atoms with Gasteiger partial charge in [-0.2, -0.15) is 0 Å². The second kappa shape index (κ2) is 8.61. The highest BCUT2D eigenvalue weighted by Gasteiger charge is 2.14. The predicted octanol–water partition coefficient (Wildman–Crippen LogP) is 6.00. The van der Waals surface area contributed by atoms with Crippen LogP contribution in [0.2, 0.25) is 0 Å². The molecule has 4 nitrogen and oxygen atoms in total. The maximum Gasteiger partial charge on any atom is 0.310 e. The van der Waals surface area contributed by atoms with Crippen LogP contribution in [0.5, 0.6) is 5.75 Å². The van der Waals surface area contributed by atoms with Gasteiger partial charge in [0.25, 0.3) is 0 Å². The summed E-state index contributed by atoms with van der Waals surface area (Å²) in [4.78, 5) is 11.9. The summed E-state index contributed by atoms with van der Waals surface area (Å²) in [5.41, 5.74) is 3.77. The summed E-state index contributed by atoms with van der Waals surface area (Å²) in [6.07, 6.45) is 1.91. The summed E-state index contributed by atoms with van der Waals surface area (Å²) in [6, 6.07) is 11.9. The van der Waals surface area contributed by atoms with Crippen molar-refractivity contribution in [2.45, 2.75) is 39.7 Å². The maximum absolute atomic E-state index is 11.9. The van der Waals surface area contributed by atoms with E-state index in [1.807, 2.05) is 36.4 Å². The van der Waals surface area contributed by atoms with Gasteiger partial charge in [-0.05, 0) is 42.7 Å². The van der Waals surface area contributed by atoms with E-state index in [1.165, 1.54) is 0 Å². The average molecular weight is 431 g/mol. The van der Waals surface area contributed by atoms with Gasteiger partial charge in [-0.1, -0.05) is 41.9 Å². The molecule has 0 aliphatic heterocycles. The van der Waals surface area contributed by atoms with Gasteiger partial charge in [-0.15, -0.1) is 0 Å². The van der Waals surface area contributed by atoms with E-state index < -0.39 is 0 Å². The highest BCUT2D eigenvalue weighted by molar-refractivity contribution is 9.10. The van der Waals surface area contributed by atoms with E-state index >= 15 is 0 Å². The number of ether oxygens (including phenoxy) is 2. The maximum atomic E-state index is 11.9. The zero-order chi connectivity index (χ0) is 19.4. The number of carbonyl (C=O) groups excluding carboxylic acids is 1. The van der Waals surface area contributed by atoms with Crippen molar-refractivity contribution in [2.75, 3.05) is 6.61 Å². The van der Waals surface area contributed by atoms with Crippen molar-refractivity contribution in [1.29, 1.82) is 0 Å². The molecule has 0 saturated heterocycles. The smallest absolute Gasteiger partial charge is 0.310 e. The number of fused-ring (bicyclic) bond motifs is 1. The second-order valence-corrected chi connectivity index (χ2v) is 7.61. The van der Waals surface area contributed by atoms with Crippen LogP contribution in [-0.2, 0) is 22.6 Å². The van der Waals surface area contributed by atoms with E-state index in [0.29, 0.717) is 24.9 Å². The average Bonchev–Trinajstić information content (AvgIpc) is 3.03. The van der Waals surface area contributed by atoms with Crippen molar-refractivity contribution in [3.05, 3.63) is 63.8 Å². The second-order valence-electron chi connectivity index (χ2n) is 6.69. The molecule has 1 heterocycles. The number of benzene rings is 2. The van der Waals surface area contributed by atoms with Gasteiger partial charge in [-0.25, -0.2) is 0 Å². The quantitative estimate of drug-likeness (QED) is 0.431. The molecule has 0 bridgehead atoms. The normalized spacial score (nSPS) is 11.1. The van der Waals surface area contributed by atoms with Gasteiger partial charge in [0.15, 0.2) is 0 Å². The zero-order valence-electron chi connectivity index (χ0n) is 15.8. The van der Waals surface area contributed by atoms with Crippen molar-refractivity contribution in [3.8, 4) is 5.75 Å². The molecule has 5 heteroatoms. The minimum absolute atomic E-state index is 0.194. The Hall–Kier alpha value is -2.27. The number of rotatable bonds is 7. The van der Waals surface area contributed by atoms with Gasteiger partial charge in [-0.3, -0.25) is 4.79 Å². The lowest BCUT2D eigenvalue weighted by Crippen LogP contribution is -2.09. The first-order valence-electron chi connectivity index (χ1n) is 9.04. The van der Waals surface area contributed by atoms with E-state index in [4.69, 9.17) is 13.9 Å². The van der Waals surface area contributed by atoms with Crippen LogP contribution in [0.4, 0.5) is 0 Å². The SMILES string of the molecule is CCOC(=O)Cc1ccc(C(C)C)cc1OCc1coc2ccc(Br)cc12. The molecule has 0 radical (unpaired) electrons. The van der Waals surface area contributed by atoms with Gasteiger partial charge in [0.1, 0.15) is 17.9 Å². The summed E-state index contributed by atoms with van der Waals surface area (Å²) in [5, 5.41) is 1.01. The van der Waals surface area contributed by atoms with Crippen molar-refractivity contribution in [3.63, 3.8) is 0 Å². The number of halogens is 1. The Balaban J connectivity index is 1.85. The Labute approximate surface area is 167 Å². The van der Waals surface area contributed by atoms with Crippen molar-refractivity contribution in [1.82, 2.24) is 0 Å². The number of carbonyl (C=O) groups is 1. The lowest BCUT2D eigenvalue weighted by molar-refractivity contribution is -0.142. The standard InChI is InChI=1S/C22H23BrO4/c1-4-25-22(24)10-16-6-5-15(14(2)3)9-21(16)27-13-17-12-26-20-8-7-18(23)11-19(17)20/h5-9,11-12,14H,4,10,13H2,1-3H3. The summed E-state index contributed by atoms with van der Waals surface area (Å²) in [5.74, 6) is 0.825. The van der Waals surface area contributed by atoms with E-state index in [-0.39, 0.29) is 12.4 Å². The number of hydrogen-bond donors (Lipinski definition) is 0. The molecule has 0 aliphatic rings. The fourth-order valence-corrected chi connectivity index (χ4v) is 3.26. The molecule has 3 rings (SSSR count). The number of esters is 1. The summed E-state index contributed by atoms with van der Waals surface area (Å²) >= 11 is 3.49. The molecule has 3 aromatic rings. The van der Waals surface area contributed by atoms with Crippen molar-refractivity contribution >= 4 is 32.9 Å². The Bertz CT molecular complexity index is 943. The van der Waals surface area contributed by atoms with Crippen LogP contribution in [0.1, 0.15) is 43.4 Å². The first-order valence-corrected chi connectivity index (χ1v) is 9.84. The lowest BCUT2D eigenvalue weighted by Gasteiger charge is -2.14. The first kappa shape index (κ1) is 19.5. The third kappa shape index (κ3) is 4.72. The Morgan fingerprint density at radius 1 is 1.15 bits per heavy atom. The molecule has 0 saturated carbocycles. The van der Waals surface area contributed by atoms with Crippen LogP contribution in [0.3, 0.4) is 0 Å². The van der Waals surface area contributed by atoms with E-state index in [1.54, 1.807) is 13.2 Å². The third-order valence-electron chi connectivity index (χ3n) is 4.40. The highest BCUT2D eigenvalue weighted by atomic mass is 79.9. The molecule has 27 heavy (non-hydrogen) atoms. The fourth-order valence-electron chi connectivity index (χ4n) is 2.90. The van der Waals surface area contributed by atoms with Gasteiger partial charge < -0.3 is 13.9 Å². The molecule has 1 aromatic heterocycles. The van der Waals surface area contributed by atoms with Crippen LogP contribution in [0.25, 0.3) is 11.0 Å². The molecular weight excluding hydrogens is 408 g/mol. The number of furan rings is 1. The number of hydrogen-bond acceptors (Lipinski definition) is 4. The van der Waals surface area contributed by atoms with Crippen molar-refractivity contribution in [2.24, 2.45) is 0 Å². The molecule has 0 unspecified atom stereocenters. The Morgan fingerprint density at radius 2 is 1.96 bits per heavy atom. The first-order chi connectivity index (χ1) is 13.0. The minimum Gasteiger partial charge on any atom is -0.488 e. The molecule has 0 aliphatic carbocycles. The molecule has 0 amide bonds. The molecule has 0 atom stereocenters. The predicted molar refractivity (Wildman–Crippen MR) is 109 cm³/mol. The van der Waals surface area contributed by atoms with Gasteiger partial charge in [0, 0.05) is 21.0 Å². The molecule has 2 aromatic carbocycles. The highest BCUT2D eigenvalue weighted by Crippen LogP contribution is 2.29. The molecule has 0 N–H and O–H groups in total. The van der Waals surface area contributed by atoms with Gasteiger partial charge >= 0.3 is 5.97 Å². The summed E-state index contributed by atoms with van der Waals surface area (Å²) in [7, 11) is 0. The van der Waals surface area contributed by atoms with Crippen LogP contribution in [0.15, 0.2) is 51.6 Å². The Kier molecular flexibility index (Phi) is 6.22. The van der Waals surface area contributed by atoms with E-state index in [0.717, 1.165) is 32.1 Å².